The minimum Gasteiger partial charge on any atom is -0.366 e. The van der Waals surface area contributed by atoms with Crippen LogP contribution in [0.1, 0.15) is 13.8 Å². The lowest BCUT2D eigenvalue weighted by molar-refractivity contribution is 0.425. The molecule has 2 nitrogen and oxygen atoms in total. The monoisotopic (exact) mass is 258 g/mol. The largest absolute Gasteiger partial charge is 0.366 e. The first-order chi connectivity index (χ1) is 7.56. The van der Waals surface area contributed by atoms with Crippen molar-refractivity contribution in [3.8, 4) is 0 Å². The molecule has 1 saturated heterocycles. The fraction of sp³-hybridized carbons (Fsp3) is 0.500. The number of hydrogen-bond acceptors (Lipinski definition) is 2. The molecule has 1 N–H and O–H groups in total. The standard InChI is InChI=1S/C12H16Cl2N2/c1-8-7-16(9(2)6-15-8)12-4-10(13)3-11(14)5-12/h3-5,8-9,15H,6-7H2,1-2H3. The topological polar surface area (TPSA) is 15.3 Å². The van der Waals surface area contributed by atoms with E-state index in [0.717, 1.165) is 18.8 Å². The SMILES string of the molecule is CC1CN(c2cc(Cl)cc(Cl)c2)C(C)CN1. The summed E-state index contributed by atoms with van der Waals surface area (Å²) in [5, 5.41) is 4.84. The van der Waals surface area contributed by atoms with Gasteiger partial charge >= 0.3 is 0 Å². The highest BCUT2D eigenvalue weighted by molar-refractivity contribution is 6.35. The van der Waals surface area contributed by atoms with Crippen LogP contribution in [0.25, 0.3) is 0 Å². The van der Waals surface area contributed by atoms with E-state index in [1.54, 1.807) is 6.07 Å². The Kier molecular flexibility index (Phi) is 3.63. The Morgan fingerprint density at radius 1 is 1.19 bits per heavy atom. The van der Waals surface area contributed by atoms with E-state index in [1.165, 1.54) is 0 Å². The van der Waals surface area contributed by atoms with Crippen molar-refractivity contribution in [2.24, 2.45) is 0 Å². The third-order valence-corrected chi connectivity index (χ3v) is 3.38. The molecule has 4 heteroatoms. The number of benzene rings is 1. The fourth-order valence-corrected chi connectivity index (χ4v) is 2.60. The van der Waals surface area contributed by atoms with Gasteiger partial charge in [0.15, 0.2) is 0 Å². The van der Waals surface area contributed by atoms with E-state index >= 15 is 0 Å². The van der Waals surface area contributed by atoms with E-state index in [2.05, 4.69) is 24.1 Å². The van der Waals surface area contributed by atoms with E-state index in [0.29, 0.717) is 22.1 Å². The molecule has 2 atom stereocenters. The van der Waals surface area contributed by atoms with Crippen LogP contribution >= 0.6 is 23.2 Å². The Bertz CT molecular complexity index is 361. The Hall–Kier alpha value is -0.440. The molecule has 1 fully saturated rings. The van der Waals surface area contributed by atoms with Crippen LogP contribution in [0.3, 0.4) is 0 Å². The van der Waals surface area contributed by atoms with Crippen LogP contribution in [-0.4, -0.2) is 25.2 Å². The van der Waals surface area contributed by atoms with E-state index < -0.39 is 0 Å². The van der Waals surface area contributed by atoms with E-state index in [4.69, 9.17) is 23.2 Å². The van der Waals surface area contributed by atoms with Crippen molar-refractivity contribution in [2.45, 2.75) is 25.9 Å². The first-order valence-electron chi connectivity index (χ1n) is 5.52. The average molecular weight is 259 g/mol. The second-order valence-electron chi connectivity index (χ2n) is 4.44. The number of piperazine rings is 1. The minimum absolute atomic E-state index is 0.464. The summed E-state index contributed by atoms with van der Waals surface area (Å²) in [4.78, 5) is 2.35. The second-order valence-corrected chi connectivity index (χ2v) is 5.31. The lowest BCUT2D eigenvalue weighted by Crippen LogP contribution is -2.54. The van der Waals surface area contributed by atoms with Gasteiger partial charge in [-0.25, -0.2) is 0 Å². The third kappa shape index (κ3) is 2.62. The highest BCUT2D eigenvalue weighted by Crippen LogP contribution is 2.27. The van der Waals surface area contributed by atoms with E-state index in [-0.39, 0.29) is 0 Å². The Morgan fingerprint density at radius 2 is 1.81 bits per heavy atom. The zero-order valence-corrected chi connectivity index (χ0v) is 11.0. The van der Waals surface area contributed by atoms with Gasteiger partial charge in [-0.15, -0.1) is 0 Å². The van der Waals surface area contributed by atoms with Gasteiger partial charge in [0.05, 0.1) is 0 Å². The zero-order valence-electron chi connectivity index (χ0n) is 9.50. The van der Waals surface area contributed by atoms with Gasteiger partial charge in [0.2, 0.25) is 0 Å². The third-order valence-electron chi connectivity index (χ3n) is 2.94. The van der Waals surface area contributed by atoms with Crippen molar-refractivity contribution in [3.63, 3.8) is 0 Å². The highest BCUT2D eigenvalue weighted by Gasteiger charge is 2.22. The molecule has 1 aromatic carbocycles. The van der Waals surface area contributed by atoms with E-state index in [9.17, 15) is 0 Å². The molecule has 0 saturated carbocycles. The molecular formula is C12H16Cl2N2. The van der Waals surface area contributed by atoms with E-state index in [1.807, 2.05) is 12.1 Å². The summed E-state index contributed by atoms with van der Waals surface area (Å²) >= 11 is 12.1. The van der Waals surface area contributed by atoms with Crippen LogP contribution in [0.5, 0.6) is 0 Å². The zero-order chi connectivity index (χ0) is 11.7. The Balaban J connectivity index is 2.27. The summed E-state index contributed by atoms with van der Waals surface area (Å²) < 4.78 is 0. The average Bonchev–Trinajstić information content (AvgIpc) is 2.20. The summed E-state index contributed by atoms with van der Waals surface area (Å²) in [5.74, 6) is 0. The van der Waals surface area contributed by atoms with Crippen LogP contribution in [-0.2, 0) is 0 Å². The molecule has 88 valence electrons. The quantitative estimate of drug-likeness (QED) is 0.833. The van der Waals surface area contributed by atoms with Crippen molar-refractivity contribution in [3.05, 3.63) is 28.2 Å². The van der Waals surface area contributed by atoms with Crippen LogP contribution in [0.15, 0.2) is 18.2 Å². The Labute approximate surface area is 107 Å². The molecule has 0 amide bonds. The molecule has 1 aliphatic heterocycles. The predicted octanol–water partition coefficient (Wildman–Crippen LogP) is 3.18. The number of rotatable bonds is 1. The summed E-state index contributed by atoms with van der Waals surface area (Å²) in [6, 6.07) is 6.67. The highest BCUT2D eigenvalue weighted by atomic mass is 35.5. The Morgan fingerprint density at radius 3 is 2.44 bits per heavy atom. The number of halogens is 2. The molecule has 2 unspecified atom stereocenters. The molecule has 1 heterocycles. The number of nitrogens with one attached hydrogen (secondary N) is 1. The molecule has 0 radical (unpaired) electrons. The molecule has 1 aliphatic rings. The number of hydrogen-bond donors (Lipinski definition) is 1. The second kappa shape index (κ2) is 4.82. The molecule has 2 rings (SSSR count). The first kappa shape index (κ1) is 12.0. The predicted molar refractivity (Wildman–Crippen MR) is 70.7 cm³/mol. The minimum atomic E-state index is 0.464. The summed E-state index contributed by atoms with van der Waals surface area (Å²) in [6.45, 7) is 6.36. The molecule has 0 aliphatic carbocycles. The van der Waals surface area contributed by atoms with Crippen molar-refractivity contribution in [1.82, 2.24) is 5.32 Å². The van der Waals surface area contributed by atoms with Gasteiger partial charge in [-0.05, 0) is 32.0 Å². The van der Waals surface area contributed by atoms with Crippen molar-refractivity contribution >= 4 is 28.9 Å². The van der Waals surface area contributed by atoms with Crippen LogP contribution in [0.4, 0.5) is 5.69 Å². The molecule has 1 aromatic rings. The molecule has 0 aromatic heterocycles. The summed E-state index contributed by atoms with van der Waals surface area (Å²) in [7, 11) is 0. The maximum absolute atomic E-state index is 6.03. The normalized spacial score (nSPS) is 25.9. The van der Waals surface area contributed by atoms with Crippen molar-refractivity contribution in [2.75, 3.05) is 18.0 Å². The lowest BCUT2D eigenvalue weighted by atomic mass is 10.1. The summed E-state index contributed by atoms with van der Waals surface area (Å²) in [5.41, 5.74) is 1.11. The molecule has 0 bridgehead atoms. The van der Waals surface area contributed by atoms with Gasteiger partial charge in [0.1, 0.15) is 0 Å². The van der Waals surface area contributed by atoms with Gasteiger partial charge in [0, 0.05) is 40.9 Å². The van der Waals surface area contributed by atoms with Gasteiger partial charge < -0.3 is 10.2 Å². The molecular weight excluding hydrogens is 243 g/mol. The smallest absolute Gasteiger partial charge is 0.0441 e. The lowest BCUT2D eigenvalue weighted by Gasteiger charge is -2.39. The van der Waals surface area contributed by atoms with Crippen LogP contribution in [0.2, 0.25) is 10.0 Å². The first-order valence-corrected chi connectivity index (χ1v) is 6.28. The maximum atomic E-state index is 6.03. The van der Waals surface area contributed by atoms with Gasteiger partial charge in [-0.3, -0.25) is 0 Å². The fourth-order valence-electron chi connectivity index (χ4n) is 2.09. The number of anilines is 1. The number of nitrogens with zero attached hydrogens (tertiary/aromatic N) is 1. The van der Waals surface area contributed by atoms with Crippen LogP contribution < -0.4 is 10.2 Å². The van der Waals surface area contributed by atoms with Gasteiger partial charge in [-0.1, -0.05) is 23.2 Å². The van der Waals surface area contributed by atoms with Crippen LogP contribution in [0, 0.1) is 0 Å². The van der Waals surface area contributed by atoms with Crippen molar-refractivity contribution < 1.29 is 0 Å². The van der Waals surface area contributed by atoms with Gasteiger partial charge in [-0.2, -0.15) is 0 Å². The van der Waals surface area contributed by atoms with Gasteiger partial charge in [0.25, 0.3) is 0 Å². The molecule has 0 spiro atoms. The maximum Gasteiger partial charge on any atom is 0.0441 e. The summed E-state index contributed by atoms with van der Waals surface area (Å²) in [6.07, 6.45) is 0. The molecule has 16 heavy (non-hydrogen) atoms. The van der Waals surface area contributed by atoms with Crippen molar-refractivity contribution in [1.29, 1.82) is 0 Å².